The molecule has 6 N–H and O–H groups in total. The Morgan fingerprint density at radius 1 is 0.331 bits per heavy atom. The number of nitrogens with zero attached hydrogens (tertiary/aromatic N) is 4. The Labute approximate surface area is 728 Å². The van der Waals surface area contributed by atoms with Crippen LogP contribution >= 0.6 is 24.0 Å². The number of aryl methyl sites for hydroxylation is 4. The molecule has 0 saturated carbocycles. The van der Waals surface area contributed by atoms with E-state index in [2.05, 4.69) is 9.68 Å². The van der Waals surface area contributed by atoms with Crippen LogP contribution in [0.25, 0.3) is 44.5 Å². The van der Waals surface area contributed by atoms with Crippen molar-refractivity contribution >= 4 is 87.0 Å². The predicted molar refractivity (Wildman–Crippen MR) is 457 cm³/mol. The molecule has 0 fully saturated rings. The highest BCUT2D eigenvalue weighted by Crippen LogP contribution is 2.34. The lowest BCUT2D eigenvalue weighted by molar-refractivity contribution is -0.134. The first-order valence-corrected chi connectivity index (χ1v) is 43.6. The van der Waals surface area contributed by atoms with E-state index in [-0.39, 0.29) is 138 Å². The maximum absolute atomic E-state index is 14.6. The molecule has 45 heteroatoms. The molecule has 0 spiro atoms. The summed E-state index contributed by atoms with van der Waals surface area (Å²) in [5.74, 6) is -9.99. The van der Waals surface area contributed by atoms with Crippen molar-refractivity contribution in [1.29, 1.82) is 0 Å². The lowest BCUT2D eigenvalue weighted by Crippen LogP contribution is -2.50. The monoisotopic (exact) mass is 1950 g/mol. The Bertz CT molecular complexity index is 5500. The van der Waals surface area contributed by atoms with E-state index in [0.717, 1.165) is 145 Å². The molecule has 0 saturated heterocycles. The predicted octanol–water partition coefficient (Wildman–Crippen LogP) is 9.65. The van der Waals surface area contributed by atoms with Crippen LogP contribution in [0.5, 0.6) is 23.0 Å². The average Bonchev–Trinajstić information content (AvgIpc) is 0.790. The van der Waals surface area contributed by atoms with Gasteiger partial charge in [-0.25, -0.2) is 90.7 Å². The van der Waals surface area contributed by atoms with Gasteiger partial charge in [0.15, 0.2) is 58.3 Å². The smallest absolute Gasteiger partial charge is 0.264 e. The minimum absolute atomic E-state index is 0. The fourth-order valence-electron chi connectivity index (χ4n) is 10.9. The Kier molecular flexibility index (Phi) is 42.8. The number of nitrogens with one attached hydrogen (secondary N) is 4. The zero-order valence-electron chi connectivity index (χ0n) is 69.9. The molecule has 4 aromatic carbocycles. The third-order valence-corrected chi connectivity index (χ3v) is 27.4. The number of methoxy groups -OCH3 is 4. The minimum Gasteiger partial charge on any atom is -0.497 e. The van der Waals surface area contributed by atoms with Crippen LogP contribution < -0.4 is 63.1 Å². The molecular weight excluding hydrogens is 1850 g/mol. The number of carbonyl (C=O) groups is 4. The van der Waals surface area contributed by atoms with Crippen LogP contribution in [0.4, 0.5) is 35.1 Å². The molecule has 124 heavy (non-hydrogen) atoms. The van der Waals surface area contributed by atoms with Gasteiger partial charge in [-0.05, 0) is 102 Å². The summed E-state index contributed by atoms with van der Waals surface area (Å²) in [5.41, 5.74) is 2.10. The van der Waals surface area contributed by atoms with E-state index in [0.29, 0.717) is 0 Å². The van der Waals surface area contributed by atoms with Crippen molar-refractivity contribution in [2.75, 3.05) is 67.7 Å². The molecule has 4 aromatic heterocycles. The summed E-state index contributed by atoms with van der Waals surface area (Å²) in [6, 6.07) is 18.6. The second kappa shape index (κ2) is 47.6. The van der Waals surface area contributed by atoms with Gasteiger partial charge in [-0.1, -0.05) is 35.1 Å². The molecule has 0 aliphatic carbocycles. The average molecular weight is 1950 g/mol. The Morgan fingerprint density at radius 2 is 0.508 bits per heavy atom. The lowest BCUT2D eigenvalue weighted by atomic mass is 10.0. The standard InChI is InChI=1S/2C19H22F2N2O6S.2C18H20F2N2O6S.2C2H6.CH4.HI/c2*1-19(30(4,26)27,18(25)22-29-3)7-8-23-11-16(21)14(10-17(23)24)13-6-5-12(28-2)9-15(13)20;2*1-18(17(24)21-25,29(3,26)27)6-7-22-10-15(20)13(9-16(22)23)12-5-4-11(28-2)8-14(12)19;2*1-2;;/h2*5-6,9-11H,7-8H2,1-4H3,(H,22,25);2*4-5,8-10,25H,6-7H2,1-3H3,(H,21,24);2*1-2H3;1H4;1H/t19-;;18-;;;;;/m1.1...../s1. The quantitative estimate of drug-likeness (QED) is 0.0105. The minimum atomic E-state index is -3.97. The summed E-state index contributed by atoms with van der Waals surface area (Å²) in [4.78, 5) is 107. The van der Waals surface area contributed by atoms with Crippen LogP contribution in [0.15, 0.2) is 141 Å². The first-order valence-electron chi connectivity index (χ1n) is 36.1. The SMILES string of the molecule is C.CC.CC.CONC(=O)C(C)(CCn1cc(F)c(-c2ccc(OC)cc2F)cc1=O)S(C)(=O)=O.CONC(=O)[C@@](C)(CCn1cc(F)c(-c2ccc(OC)cc2F)cc1=O)S(C)(=O)=O.COc1ccc(-c2cc(=O)n(CCC(C)(C(=O)NO)S(C)(=O)=O)cc2F)c(F)c1.COc1ccc(-c2cc(=O)n(CC[C@](C)(C(=O)NO)S(C)(=O)=O)cc2F)c(F)c1.I. The Morgan fingerprint density at radius 3 is 0.653 bits per heavy atom. The van der Waals surface area contributed by atoms with Crippen molar-refractivity contribution in [2.45, 2.75) is 134 Å². The number of carbonyl (C=O) groups excluding carboxylic acids is 4. The van der Waals surface area contributed by atoms with Gasteiger partial charge in [-0.3, -0.25) is 58.4 Å². The third kappa shape index (κ3) is 27.3. The Hall–Kier alpha value is -10.4. The van der Waals surface area contributed by atoms with Crippen LogP contribution in [-0.4, -0.2) is 173 Å². The molecular formula is C79H101F8IN8O24S4. The summed E-state index contributed by atoms with van der Waals surface area (Å²) >= 11 is 0. The van der Waals surface area contributed by atoms with Crippen LogP contribution in [-0.2, 0) is 94.4 Å². The van der Waals surface area contributed by atoms with Gasteiger partial charge in [-0.15, -0.1) is 24.0 Å². The first-order chi connectivity index (χ1) is 56.8. The van der Waals surface area contributed by atoms with E-state index in [1.165, 1.54) is 102 Å². The molecule has 0 aliphatic rings. The van der Waals surface area contributed by atoms with E-state index in [9.17, 15) is 107 Å². The summed E-state index contributed by atoms with van der Waals surface area (Å²) in [6.07, 6.45) is 5.21. The van der Waals surface area contributed by atoms with Gasteiger partial charge in [0.05, 0.1) is 42.7 Å². The molecule has 0 radical (unpaired) electrons. The molecule has 688 valence electrons. The molecule has 32 nitrogen and oxygen atoms in total. The number of pyridine rings is 4. The van der Waals surface area contributed by atoms with Crippen molar-refractivity contribution < 1.29 is 127 Å². The van der Waals surface area contributed by atoms with Gasteiger partial charge < -0.3 is 37.2 Å². The van der Waals surface area contributed by atoms with Gasteiger partial charge in [0, 0.05) is 169 Å². The number of ether oxygens (including phenoxy) is 4. The van der Waals surface area contributed by atoms with Crippen molar-refractivity contribution in [2.24, 2.45) is 0 Å². The van der Waals surface area contributed by atoms with Crippen molar-refractivity contribution in [3.05, 3.63) is 210 Å². The van der Waals surface area contributed by atoms with E-state index < -0.39 is 164 Å². The summed E-state index contributed by atoms with van der Waals surface area (Å²) in [6.45, 7) is 11.3. The van der Waals surface area contributed by atoms with Gasteiger partial charge in [0.2, 0.25) is 0 Å². The fraction of sp³-hybridized carbons (Fsp3) is 0.392. The molecule has 0 aliphatic heterocycles. The molecule has 4 heterocycles. The molecule has 4 atom stereocenters. The zero-order chi connectivity index (χ0) is 93.3. The van der Waals surface area contributed by atoms with Crippen LogP contribution in [0.1, 0.15) is 88.5 Å². The van der Waals surface area contributed by atoms with Gasteiger partial charge in [0.1, 0.15) is 69.5 Å². The van der Waals surface area contributed by atoms with E-state index >= 15 is 0 Å². The number of sulfone groups is 4. The van der Waals surface area contributed by atoms with E-state index in [1.807, 2.05) is 38.7 Å². The highest BCUT2D eigenvalue weighted by molar-refractivity contribution is 14.0. The van der Waals surface area contributed by atoms with Crippen molar-refractivity contribution in [1.82, 2.24) is 40.2 Å². The maximum Gasteiger partial charge on any atom is 0.264 e. The highest BCUT2D eigenvalue weighted by atomic mass is 127. The third-order valence-electron chi connectivity index (χ3n) is 19.3. The number of benzene rings is 4. The second-order valence-electron chi connectivity index (χ2n) is 26.8. The number of rotatable bonds is 30. The van der Waals surface area contributed by atoms with Crippen molar-refractivity contribution in [3.8, 4) is 67.5 Å². The van der Waals surface area contributed by atoms with Crippen LogP contribution in [0.3, 0.4) is 0 Å². The lowest BCUT2D eigenvalue weighted by Gasteiger charge is -2.26. The largest absolute Gasteiger partial charge is 0.497 e. The molecule has 0 bridgehead atoms. The summed E-state index contributed by atoms with van der Waals surface area (Å²) in [5, 5.41) is 17.6. The molecule has 8 aromatic rings. The highest BCUT2D eigenvalue weighted by Gasteiger charge is 2.47. The molecule has 4 amide bonds. The second-order valence-corrected chi connectivity index (χ2v) is 36.6. The number of hydrogen-bond acceptors (Lipinski definition) is 24. The Balaban J connectivity index is 0.000000811. The number of halogens is 9. The number of hydroxylamine groups is 4. The number of hydrogen-bond donors (Lipinski definition) is 6. The molecule has 8 rings (SSSR count). The summed E-state index contributed by atoms with van der Waals surface area (Å²) < 4.78 is 227. The van der Waals surface area contributed by atoms with Crippen LogP contribution in [0, 0.1) is 46.5 Å². The van der Waals surface area contributed by atoms with Gasteiger partial charge >= 0.3 is 0 Å². The molecule has 2 unspecified atom stereocenters. The zero-order valence-corrected chi connectivity index (χ0v) is 75.5. The normalized spacial score (nSPS) is 13.0. The van der Waals surface area contributed by atoms with E-state index in [4.69, 9.17) is 29.4 Å². The number of amides is 4. The number of aromatic nitrogens is 4. The summed E-state index contributed by atoms with van der Waals surface area (Å²) in [7, 11) is -8.06. The van der Waals surface area contributed by atoms with Gasteiger partial charge in [-0.2, -0.15) is 0 Å². The fourth-order valence-corrected chi connectivity index (χ4v) is 14.3. The van der Waals surface area contributed by atoms with Gasteiger partial charge in [0.25, 0.3) is 45.9 Å². The van der Waals surface area contributed by atoms with E-state index in [1.54, 1.807) is 0 Å². The first kappa shape index (κ1) is 112. The maximum atomic E-state index is 14.6. The van der Waals surface area contributed by atoms with Crippen LogP contribution in [0.2, 0.25) is 0 Å². The topological polar surface area (TPSA) is 437 Å². The van der Waals surface area contributed by atoms with Crippen molar-refractivity contribution in [3.63, 3.8) is 0 Å².